The molecule has 6 nitrogen and oxygen atoms in total. The topological polar surface area (TPSA) is 96.4 Å². The third kappa shape index (κ3) is 4.02. The van der Waals surface area contributed by atoms with Gasteiger partial charge < -0.3 is 5.11 Å². The fraction of sp³-hybridized carbons (Fsp3) is 0.333. The summed E-state index contributed by atoms with van der Waals surface area (Å²) in [7, 11) is -3.76. The van der Waals surface area contributed by atoms with Gasteiger partial charge in [-0.25, -0.2) is 13.1 Å². The highest BCUT2D eigenvalue weighted by molar-refractivity contribution is 7.88. The number of carbonyl (C=O) groups is 1. The Labute approximate surface area is 129 Å². The first-order valence-electron chi connectivity index (χ1n) is 6.98. The number of aliphatic carboxylic acids is 1. The molecular weight excluding hydrogens is 304 g/mol. The van der Waals surface area contributed by atoms with Gasteiger partial charge in [0.2, 0.25) is 10.0 Å². The normalized spacial score (nSPS) is 13.1. The Morgan fingerprint density at radius 3 is 2.73 bits per heavy atom. The fourth-order valence-electron chi connectivity index (χ4n) is 2.27. The summed E-state index contributed by atoms with van der Waals surface area (Å²) in [5.41, 5.74) is 1.16. The lowest BCUT2D eigenvalue weighted by Gasteiger charge is -2.14. The van der Waals surface area contributed by atoms with Gasteiger partial charge in [-0.3, -0.25) is 9.78 Å². The van der Waals surface area contributed by atoms with Crippen molar-refractivity contribution in [2.75, 3.05) is 0 Å². The Morgan fingerprint density at radius 1 is 1.32 bits per heavy atom. The second-order valence-electron chi connectivity index (χ2n) is 5.05. The van der Waals surface area contributed by atoms with Crippen LogP contribution in [0.2, 0.25) is 0 Å². The number of pyridine rings is 1. The third-order valence-corrected chi connectivity index (χ3v) is 4.59. The van der Waals surface area contributed by atoms with Crippen molar-refractivity contribution in [3.63, 3.8) is 0 Å². The molecule has 0 aliphatic heterocycles. The summed E-state index contributed by atoms with van der Waals surface area (Å²) in [6, 6.07) is 7.82. The zero-order chi connectivity index (χ0) is 16.2. The molecule has 0 saturated carbocycles. The molecule has 1 heterocycles. The predicted molar refractivity (Wildman–Crippen MR) is 83.8 cm³/mol. The molecule has 1 atom stereocenters. The second-order valence-corrected chi connectivity index (χ2v) is 6.80. The molecule has 0 aliphatic carbocycles. The molecule has 0 spiro atoms. The van der Waals surface area contributed by atoms with Crippen LogP contribution in [0.4, 0.5) is 0 Å². The Balaban J connectivity index is 2.25. The molecular formula is C15H18N2O4S. The third-order valence-electron chi connectivity index (χ3n) is 3.26. The van der Waals surface area contributed by atoms with Crippen LogP contribution in [-0.4, -0.2) is 30.5 Å². The lowest BCUT2D eigenvalue weighted by molar-refractivity contribution is -0.139. The van der Waals surface area contributed by atoms with Crippen LogP contribution in [0.5, 0.6) is 0 Å². The summed E-state index contributed by atoms with van der Waals surface area (Å²) in [6.45, 7) is 1.80. The molecule has 1 aromatic carbocycles. The standard InChI is InChI=1S/C15H18N2O4S/c1-2-5-13(15(18)19)17-22(20,21)10-12-7-3-6-11-8-4-9-16-14(11)12/h3-4,6-9,13,17H,2,5,10H2,1H3,(H,18,19). The van der Waals surface area contributed by atoms with Crippen molar-refractivity contribution in [3.8, 4) is 0 Å². The summed E-state index contributed by atoms with van der Waals surface area (Å²) in [5.74, 6) is -1.46. The highest BCUT2D eigenvalue weighted by Gasteiger charge is 2.24. The monoisotopic (exact) mass is 322 g/mol. The summed E-state index contributed by atoms with van der Waals surface area (Å²) < 4.78 is 26.7. The van der Waals surface area contributed by atoms with E-state index in [-0.39, 0.29) is 12.2 Å². The molecule has 1 aromatic heterocycles. The number of nitrogens with zero attached hydrogens (tertiary/aromatic N) is 1. The largest absolute Gasteiger partial charge is 0.480 e. The van der Waals surface area contributed by atoms with Crippen molar-refractivity contribution >= 4 is 26.9 Å². The summed E-state index contributed by atoms with van der Waals surface area (Å²) in [6.07, 6.45) is 2.43. The maximum Gasteiger partial charge on any atom is 0.321 e. The highest BCUT2D eigenvalue weighted by Crippen LogP contribution is 2.18. The molecule has 0 aliphatic rings. The number of para-hydroxylation sites is 1. The van der Waals surface area contributed by atoms with Crippen LogP contribution in [0.15, 0.2) is 36.5 Å². The molecule has 2 rings (SSSR count). The van der Waals surface area contributed by atoms with Gasteiger partial charge in [0, 0.05) is 11.6 Å². The lowest BCUT2D eigenvalue weighted by Crippen LogP contribution is -2.41. The number of carboxylic acid groups (broad SMARTS) is 1. The molecule has 2 aromatic rings. The highest BCUT2D eigenvalue weighted by atomic mass is 32.2. The van der Waals surface area contributed by atoms with Gasteiger partial charge in [0.15, 0.2) is 0 Å². The molecule has 7 heteroatoms. The minimum atomic E-state index is -3.76. The van der Waals surface area contributed by atoms with Crippen molar-refractivity contribution in [2.24, 2.45) is 0 Å². The molecule has 22 heavy (non-hydrogen) atoms. The fourth-order valence-corrected chi connectivity index (χ4v) is 3.65. The van der Waals surface area contributed by atoms with Gasteiger partial charge in [0.25, 0.3) is 0 Å². The van der Waals surface area contributed by atoms with Crippen LogP contribution >= 0.6 is 0 Å². The SMILES string of the molecule is CCCC(NS(=O)(=O)Cc1cccc2cccnc12)C(=O)O. The number of nitrogens with one attached hydrogen (secondary N) is 1. The average molecular weight is 322 g/mol. The maximum atomic E-state index is 12.2. The van der Waals surface area contributed by atoms with Gasteiger partial charge in [0.1, 0.15) is 6.04 Å². The van der Waals surface area contributed by atoms with Gasteiger partial charge >= 0.3 is 5.97 Å². The number of rotatable bonds is 7. The van der Waals surface area contributed by atoms with E-state index >= 15 is 0 Å². The van der Waals surface area contributed by atoms with Gasteiger partial charge in [-0.15, -0.1) is 0 Å². The molecule has 118 valence electrons. The van der Waals surface area contributed by atoms with Crippen LogP contribution < -0.4 is 4.72 Å². The van der Waals surface area contributed by atoms with E-state index in [0.29, 0.717) is 17.5 Å². The van der Waals surface area contributed by atoms with E-state index in [0.717, 1.165) is 5.39 Å². The van der Waals surface area contributed by atoms with Gasteiger partial charge in [0.05, 0.1) is 11.3 Å². The first kappa shape index (κ1) is 16.4. The maximum absolute atomic E-state index is 12.2. The Bertz CT molecular complexity index is 769. The van der Waals surface area contributed by atoms with Crippen LogP contribution in [0.25, 0.3) is 10.9 Å². The van der Waals surface area contributed by atoms with E-state index in [1.807, 2.05) is 12.1 Å². The number of carboxylic acids is 1. The average Bonchev–Trinajstić information content (AvgIpc) is 2.46. The summed E-state index contributed by atoms with van der Waals surface area (Å²) in [5, 5.41) is 9.91. The van der Waals surface area contributed by atoms with E-state index < -0.39 is 22.0 Å². The minimum Gasteiger partial charge on any atom is -0.480 e. The van der Waals surface area contributed by atoms with E-state index in [9.17, 15) is 13.2 Å². The zero-order valence-corrected chi connectivity index (χ0v) is 13.0. The number of hydrogen-bond acceptors (Lipinski definition) is 4. The van der Waals surface area contributed by atoms with Crippen molar-refractivity contribution in [1.82, 2.24) is 9.71 Å². The molecule has 0 radical (unpaired) electrons. The minimum absolute atomic E-state index is 0.252. The molecule has 0 amide bonds. The second kappa shape index (κ2) is 6.85. The van der Waals surface area contributed by atoms with Gasteiger partial charge in [-0.2, -0.15) is 0 Å². The van der Waals surface area contributed by atoms with Crippen molar-refractivity contribution in [2.45, 2.75) is 31.6 Å². The summed E-state index contributed by atoms with van der Waals surface area (Å²) in [4.78, 5) is 15.3. The van der Waals surface area contributed by atoms with E-state index in [1.54, 1.807) is 31.3 Å². The molecule has 0 bridgehead atoms. The molecule has 1 unspecified atom stereocenters. The zero-order valence-electron chi connectivity index (χ0n) is 12.2. The van der Waals surface area contributed by atoms with Gasteiger partial charge in [-0.1, -0.05) is 37.6 Å². The molecule has 0 saturated heterocycles. The summed E-state index contributed by atoms with van der Waals surface area (Å²) >= 11 is 0. The number of hydrogen-bond donors (Lipinski definition) is 2. The number of benzene rings is 1. The van der Waals surface area contributed by atoms with Crippen LogP contribution in [0.3, 0.4) is 0 Å². The number of sulfonamides is 1. The van der Waals surface area contributed by atoms with Crippen LogP contribution in [0, 0.1) is 0 Å². The van der Waals surface area contributed by atoms with Crippen molar-refractivity contribution < 1.29 is 18.3 Å². The molecule has 0 fully saturated rings. The van der Waals surface area contributed by atoms with Crippen molar-refractivity contribution in [1.29, 1.82) is 0 Å². The smallest absolute Gasteiger partial charge is 0.321 e. The Kier molecular flexibility index (Phi) is 5.10. The first-order chi connectivity index (χ1) is 10.4. The van der Waals surface area contributed by atoms with Crippen LogP contribution in [0.1, 0.15) is 25.3 Å². The quantitative estimate of drug-likeness (QED) is 0.811. The Hall–Kier alpha value is -1.99. The first-order valence-corrected chi connectivity index (χ1v) is 8.63. The van der Waals surface area contributed by atoms with Crippen molar-refractivity contribution in [3.05, 3.63) is 42.1 Å². The predicted octanol–water partition coefficient (Wildman–Crippen LogP) is 1.91. The van der Waals surface area contributed by atoms with E-state index in [1.165, 1.54) is 0 Å². The molecule has 2 N–H and O–H groups in total. The number of aromatic nitrogens is 1. The van der Waals surface area contributed by atoms with E-state index in [4.69, 9.17) is 5.11 Å². The van der Waals surface area contributed by atoms with E-state index in [2.05, 4.69) is 9.71 Å². The lowest BCUT2D eigenvalue weighted by atomic mass is 10.1. The van der Waals surface area contributed by atoms with Gasteiger partial charge in [-0.05, 0) is 18.1 Å². The van der Waals surface area contributed by atoms with Crippen LogP contribution in [-0.2, 0) is 20.6 Å². The number of fused-ring (bicyclic) bond motifs is 1. The Morgan fingerprint density at radius 2 is 2.05 bits per heavy atom.